The quantitative estimate of drug-likeness (QED) is 0.731. The normalized spacial score (nSPS) is 14.8. The Morgan fingerprint density at radius 2 is 1.82 bits per heavy atom. The van der Waals surface area contributed by atoms with Crippen molar-refractivity contribution in [1.82, 2.24) is 4.90 Å². The first kappa shape index (κ1) is 14.0. The Balaban J connectivity index is 3.06. The molecule has 0 bridgehead atoms. The Bertz CT molecular complexity index is 352. The second kappa shape index (κ2) is 6.03. The zero-order valence-electron chi connectivity index (χ0n) is 11.8. The molecular weight excluding hydrogens is 212 g/mol. The molecule has 2 atom stereocenters. The summed E-state index contributed by atoms with van der Waals surface area (Å²) < 4.78 is 5.48. The standard InChI is InChI=1S/C14H24N2O/c1-11-8-7-9-14(10-11)16(13(3)17-6)12(2)15(4)5/h7-10,12-13H,1-6H3. The van der Waals surface area contributed by atoms with Crippen molar-refractivity contribution in [1.29, 1.82) is 0 Å². The van der Waals surface area contributed by atoms with Gasteiger partial charge in [0.05, 0.1) is 6.17 Å². The molecule has 0 saturated heterocycles. The van der Waals surface area contributed by atoms with Crippen LogP contribution in [-0.4, -0.2) is 38.5 Å². The number of hydrogen-bond acceptors (Lipinski definition) is 3. The van der Waals surface area contributed by atoms with E-state index in [9.17, 15) is 0 Å². The number of hydrogen-bond donors (Lipinski definition) is 0. The van der Waals surface area contributed by atoms with Crippen molar-refractivity contribution in [2.45, 2.75) is 33.2 Å². The molecule has 3 nitrogen and oxygen atoms in total. The van der Waals surface area contributed by atoms with E-state index in [1.165, 1.54) is 11.3 Å². The molecule has 0 spiro atoms. The van der Waals surface area contributed by atoms with E-state index in [4.69, 9.17) is 4.74 Å². The van der Waals surface area contributed by atoms with Gasteiger partial charge in [-0.15, -0.1) is 0 Å². The minimum Gasteiger partial charge on any atom is -0.362 e. The highest BCUT2D eigenvalue weighted by molar-refractivity contribution is 5.49. The maximum absolute atomic E-state index is 5.48. The summed E-state index contributed by atoms with van der Waals surface area (Å²) in [5, 5.41) is 0. The molecule has 0 radical (unpaired) electrons. The summed E-state index contributed by atoms with van der Waals surface area (Å²) in [7, 11) is 5.90. The van der Waals surface area contributed by atoms with Gasteiger partial charge in [-0.2, -0.15) is 0 Å². The van der Waals surface area contributed by atoms with Gasteiger partial charge in [-0.1, -0.05) is 12.1 Å². The van der Waals surface area contributed by atoms with Crippen LogP contribution in [0.15, 0.2) is 24.3 Å². The molecule has 1 aromatic rings. The Kier molecular flexibility index (Phi) is 4.97. The minimum atomic E-state index is 0.0502. The van der Waals surface area contributed by atoms with Crippen LogP contribution >= 0.6 is 0 Å². The fourth-order valence-corrected chi connectivity index (χ4v) is 1.88. The third kappa shape index (κ3) is 3.45. The average molecular weight is 236 g/mol. The van der Waals surface area contributed by atoms with Crippen LogP contribution in [0.4, 0.5) is 5.69 Å². The number of anilines is 1. The lowest BCUT2D eigenvalue weighted by atomic mass is 10.2. The largest absolute Gasteiger partial charge is 0.362 e. The first-order valence-electron chi connectivity index (χ1n) is 6.01. The van der Waals surface area contributed by atoms with Crippen LogP contribution in [0.5, 0.6) is 0 Å². The summed E-state index contributed by atoms with van der Waals surface area (Å²) in [6.45, 7) is 6.36. The summed E-state index contributed by atoms with van der Waals surface area (Å²) >= 11 is 0. The molecule has 3 heteroatoms. The number of nitrogens with zero attached hydrogens (tertiary/aromatic N) is 2. The van der Waals surface area contributed by atoms with E-state index >= 15 is 0 Å². The van der Waals surface area contributed by atoms with Gasteiger partial charge < -0.3 is 9.64 Å². The van der Waals surface area contributed by atoms with Crippen molar-refractivity contribution in [3.05, 3.63) is 29.8 Å². The molecule has 1 aromatic carbocycles. The molecule has 1 rings (SSSR count). The van der Waals surface area contributed by atoms with Gasteiger partial charge in [-0.25, -0.2) is 0 Å². The molecule has 17 heavy (non-hydrogen) atoms. The SMILES string of the molecule is COC(C)N(c1cccc(C)c1)C(C)N(C)C. The van der Waals surface area contributed by atoms with Crippen molar-refractivity contribution in [2.75, 3.05) is 26.1 Å². The van der Waals surface area contributed by atoms with Gasteiger partial charge in [0.15, 0.2) is 0 Å². The predicted octanol–water partition coefficient (Wildman–Crippen LogP) is 2.70. The summed E-state index contributed by atoms with van der Waals surface area (Å²) in [5.41, 5.74) is 2.46. The van der Waals surface area contributed by atoms with Crippen molar-refractivity contribution < 1.29 is 4.74 Å². The van der Waals surface area contributed by atoms with Crippen molar-refractivity contribution >= 4 is 5.69 Å². The molecule has 0 aliphatic rings. The molecule has 0 aliphatic carbocycles. The maximum atomic E-state index is 5.48. The molecule has 0 aliphatic heterocycles. The Morgan fingerprint density at radius 1 is 1.18 bits per heavy atom. The minimum absolute atomic E-state index is 0.0502. The monoisotopic (exact) mass is 236 g/mol. The third-order valence-electron chi connectivity index (χ3n) is 3.18. The average Bonchev–Trinajstić information content (AvgIpc) is 2.28. The van der Waals surface area contributed by atoms with Gasteiger partial charge in [0.25, 0.3) is 0 Å². The fraction of sp³-hybridized carbons (Fsp3) is 0.571. The van der Waals surface area contributed by atoms with Crippen molar-refractivity contribution in [3.8, 4) is 0 Å². The molecule has 96 valence electrons. The number of benzene rings is 1. The van der Waals surface area contributed by atoms with Gasteiger partial charge in [0.1, 0.15) is 6.23 Å². The summed E-state index contributed by atoms with van der Waals surface area (Å²) in [4.78, 5) is 4.45. The van der Waals surface area contributed by atoms with E-state index in [0.717, 1.165) is 0 Å². The zero-order valence-corrected chi connectivity index (χ0v) is 11.8. The van der Waals surface area contributed by atoms with Gasteiger partial charge in [-0.3, -0.25) is 4.90 Å². The van der Waals surface area contributed by atoms with Gasteiger partial charge in [-0.05, 0) is 52.6 Å². The molecule has 0 heterocycles. The lowest BCUT2D eigenvalue weighted by molar-refractivity contribution is 0.0906. The molecule has 0 saturated carbocycles. The third-order valence-corrected chi connectivity index (χ3v) is 3.18. The molecule has 2 unspecified atom stereocenters. The van der Waals surface area contributed by atoms with E-state index in [-0.39, 0.29) is 12.4 Å². The van der Waals surface area contributed by atoms with Crippen LogP contribution in [-0.2, 0) is 4.74 Å². The van der Waals surface area contributed by atoms with E-state index in [2.05, 4.69) is 68.9 Å². The summed E-state index contributed by atoms with van der Waals surface area (Å²) in [6.07, 6.45) is 0.334. The van der Waals surface area contributed by atoms with Gasteiger partial charge in [0, 0.05) is 12.8 Å². The summed E-state index contributed by atoms with van der Waals surface area (Å²) in [6, 6.07) is 8.51. The molecule has 0 amide bonds. The lowest BCUT2D eigenvalue weighted by Crippen LogP contribution is -2.48. The van der Waals surface area contributed by atoms with Gasteiger partial charge >= 0.3 is 0 Å². The number of methoxy groups -OCH3 is 1. The van der Waals surface area contributed by atoms with E-state index < -0.39 is 0 Å². The number of ether oxygens (including phenoxy) is 1. The van der Waals surface area contributed by atoms with Crippen LogP contribution in [0.25, 0.3) is 0 Å². The Morgan fingerprint density at radius 3 is 2.29 bits per heavy atom. The first-order chi connectivity index (χ1) is 7.97. The summed E-state index contributed by atoms with van der Waals surface area (Å²) in [5.74, 6) is 0. The van der Waals surface area contributed by atoms with Crippen LogP contribution in [0, 0.1) is 6.92 Å². The molecule has 0 aromatic heterocycles. The first-order valence-corrected chi connectivity index (χ1v) is 6.01. The predicted molar refractivity (Wildman–Crippen MR) is 73.3 cm³/mol. The molecule has 0 N–H and O–H groups in total. The van der Waals surface area contributed by atoms with Crippen LogP contribution in [0.3, 0.4) is 0 Å². The zero-order chi connectivity index (χ0) is 13.0. The Hall–Kier alpha value is -1.06. The number of rotatable bonds is 5. The molecular formula is C14H24N2O. The van der Waals surface area contributed by atoms with Crippen LogP contribution in [0.2, 0.25) is 0 Å². The van der Waals surface area contributed by atoms with Crippen molar-refractivity contribution in [2.24, 2.45) is 0 Å². The van der Waals surface area contributed by atoms with E-state index in [1.54, 1.807) is 7.11 Å². The second-order valence-electron chi connectivity index (χ2n) is 4.68. The lowest BCUT2D eigenvalue weighted by Gasteiger charge is -2.39. The number of aryl methyl sites for hydroxylation is 1. The molecule has 0 fully saturated rings. The Labute approximate surface area is 105 Å². The van der Waals surface area contributed by atoms with Gasteiger partial charge in [0.2, 0.25) is 0 Å². The highest BCUT2D eigenvalue weighted by atomic mass is 16.5. The maximum Gasteiger partial charge on any atom is 0.128 e. The topological polar surface area (TPSA) is 15.7 Å². The highest BCUT2D eigenvalue weighted by Crippen LogP contribution is 2.22. The van der Waals surface area contributed by atoms with Crippen LogP contribution in [0.1, 0.15) is 19.4 Å². The second-order valence-corrected chi connectivity index (χ2v) is 4.68. The van der Waals surface area contributed by atoms with E-state index in [1.807, 2.05) is 0 Å². The van der Waals surface area contributed by atoms with Crippen LogP contribution < -0.4 is 4.90 Å². The highest BCUT2D eigenvalue weighted by Gasteiger charge is 2.21. The fourth-order valence-electron chi connectivity index (χ4n) is 1.88. The van der Waals surface area contributed by atoms with Crippen molar-refractivity contribution in [3.63, 3.8) is 0 Å². The smallest absolute Gasteiger partial charge is 0.128 e. The van der Waals surface area contributed by atoms with E-state index in [0.29, 0.717) is 0 Å².